The van der Waals surface area contributed by atoms with Crippen molar-refractivity contribution in [3.63, 3.8) is 0 Å². The average molecular weight is 104 g/mol. The van der Waals surface area contributed by atoms with E-state index < -0.39 is 0 Å². The van der Waals surface area contributed by atoms with Gasteiger partial charge in [0.2, 0.25) is 0 Å². The van der Waals surface area contributed by atoms with E-state index in [0.29, 0.717) is 0 Å². The normalized spacial score (nSPS) is 10.0. The van der Waals surface area contributed by atoms with Crippen LogP contribution < -0.4 is 0 Å². The monoisotopic (exact) mass is 104 g/mol. The van der Waals surface area contributed by atoms with Gasteiger partial charge in [-0.25, -0.2) is 0 Å². The van der Waals surface area contributed by atoms with Crippen LogP contribution in [0.3, 0.4) is 0 Å². The number of hydrogen-bond donors (Lipinski definition) is 0. The van der Waals surface area contributed by atoms with Crippen LogP contribution in [0.25, 0.3) is 0 Å². The Bertz CT molecular complexity index is 25.1. The van der Waals surface area contributed by atoms with Crippen molar-refractivity contribution in [1.82, 2.24) is 0 Å². The highest BCUT2D eigenvalue weighted by Crippen LogP contribution is 2.00. The van der Waals surface area contributed by atoms with Crippen LogP contribution in [-0.4, -0.2) is 12.0 Å². The fourth-order valence-electron chi connectivity index (χ4n) is 0.333. The first-order chi connectivity index (χ1) is 2.77. The van der Waals surface area contributed by atoms with Crippen LogP contribution in [0.1, 0.15) is 13.8 Å². The zero-order valence-electron chi connectivity index (χ0n) is 4.69. The third-order valence-electron chi connectivity index (χ3n) is 0.500. The van der Waals surface area contributed by atoms with Crippen LogP contribution in [0.4, 0.5) is 0 Å². The predicted molar refractivity (Wildman–Crippen MR) is 33.2 cm³/mol. The van der Waals surface area contributed by atoms with E-state index in [1.807, 2.05) is 11.8 Å². The molecule has 1 heteroatoms. The van der Waals surface area contributed by atoms with Gasteiger partial charge in [-0.05, 0) is 17.9 Å². The van der Waals surface area contributed by atoms with Gasteiger partial charge in [-0.3, -0.25) is 0 Å². The largest absolute Gasteiger partial charge is 0.165 e. The average Bonchev–Trinajstić information content (AvgIpc) is 1.35. The van der Waals surface area contributed by atoms with Gasteiger partial charge in [-0.1, -0.05) is 13.8 Å². The maximum Gasteiger partial charge on any atom is -0.00472 e. The molecule has 38 valence electrons. The third kappa shape index (κ3) is 4.35. The molecule has 0 aromatic heterocycles. The van der Waals surface area contributed by atoms with Gasteiger partial charge in [0.05, 0.1) is 0 Å². The Kier molecular flexibility index (Phi) is 3.74. The highest BCUT2D eigenvalue weighted by atomic mass is 32.2. The second kappa shape index (κ2) is 3.54. The number of hydrogen-bond acceptors (Lipinski definition) is 1. The molecule has 0 unspecified atom stereocenters. The molecule has 0 spiro atoms. The lowest BCUT2D eigenvalue weighted by Crippen LogP contribution is -1.87. The highest BCUT2D eigenvalue weighted by Gasteiger charge is 1.85. The lowest BCUT2D eigenvalue weighted by atomic mass is 10.3. The lowest BCUT2D eigenvalue weighted by molar-refractivity contribution is 0.751. The molecule has 0 fully saturated rings. The zero-order chi connectivity index (χ0) is 4.99. The van der Waals surface area contributed by atoms with Gasteiger partial charge in [-0.2, -0.15) is 11.8 Å². The molecular formula is C5H12S. The van der Waals surface area contributed by atoms with E-state index in [9.17, 15) is 0 Å². The molecule has 6 heavy (non-hydrogen) atoms. The minimum Gasteiger partial charge on any atom is -0.165 e. The molecule has 0 amide bonds. The second-order valence-electron chi connectivity index (χ2n) is 1.85. The minimum atomic E-state index is 0.861. The molecule has 0 aromatic rings. The van der Waals surface area contributed by atoms with Crippen LogP contribution in [0.15, 0.2) is 0 Å². The molecule has 0 nitrogen and oxygen atoms in total. The maximum absolute atomic E-state index is 2.23. The molecule has 0 aliphatic carbocycles. The Morgan fingerprint density at radius 1 is 1.50 bits per heavy atom. The van der Waals surface area contributed by atoms with E-state index in [4.69, 9.17) is 0 Å². The van der Waals surface area contributed by atoms with Crippen molar-refractivity contribution < 1.29 is 0 Å². The maximum atomic E-state index is 2.23. The number of rotatable bonds is 2. The molecule has 0 heterocycles. The van der Waals surface area contributed by atoms with Gasteiger partial charge >= 0.3 is 0 Å². The molecule has 0 aliphatic heterocycles. The van der Waals surface area contributed by atoms with Crippen molar-refractivity contribution >= 4 is 11.8 Å². The Labute approximate surface area is 44.3 Å². The van der Waals surface area contributed by atoms with Crippen LogP contribution in [-0.2, 0) is 0 Å². The molecule has 0 saturated carbocycles. The first-order valence-corrected chi connectivity index (χ1v) is 3.65. The van der Waals surface area contributed by atoms with E-state index in [1.165, 1.54) is 5.75 Å². The predicted octanol–water partition coefficient (Wildman–Crippen LogP) is 2.01. The molecule has 0 atom stereocenters. The van der Waals surface area contributed by atoms with Gasteiger partial charge in [0.1, 0.15) is 0 Å². The lowest BCUT2D eigenvalue weighted by Gasteiger charge is -1.95. The SMILES string of the molecule is CSCC(C)C. The summed E-state index contributed by atoms with van der Waals surface area (Å²) in [6.07, 6.45) is 2.14. The van der Waals surface area contributed by atoms with Crippen molar-refractivity contribution in [2.75, 3.05) is 12.0 Å². The Balaban J connectivity index is 2.63. The minimum absolute atomic E-state index is 0.861. The first kappa shape index (κ1) is 6.35. The fourth-order valence-corrected chi connectivity index (χ4v) is 1.00. The molecule has 0 saturated heterocycles. The van der Waals surface area contributed by atoms with E-state index in [-0.39, 0.29) is 0 Å². The van der Waals surface area contributed by atoms with Gasteiger partial charge < -0.3 is 0 Å². The van der Waals surface area contributed by atoms with Crippen LogP contribution in [0.5, 0.6) is 0 Å². The summed E-state index contributed by atoms with van der Waals surface area (Å²) in [5.41, 5.74) is 0. The highest BCUT2D eigenvalue weighted by molar-refractivity contribution is 7.98. The topological polar surface area (TPSA) is 0 Å². The van der Waals surface area contributed by atoms with Crippen molar-refractivity contribution in [1.29, 1.82) is 0 Å². The molecule has 0 radical (unpaired) electrons. The van der Waals surface area contributed by atoms with Crippen LogP contribution >= 0.6 is 11.8 Å². The molecule has 0 aliphatic rings. The van der Waals surface area contributed by atoms with Gasteiger partial charge in [0, 0.05) is 0 Å². The summed E-state index contributed by atoms with van der Waals surface area (Å²) in [5.74, 6) is 2.15. The zero-order valence-corrected chi connectivity index (χ0v) is 5.51. The summed E-state index contributed by atoms with van der Waals surface area (Å²) in [5, 5.41) is 0. The number of thioether (sulfide) groups is 1. The van der Waals surface area contributed by atoms with E-state index in [0.717, 1.165) is 5.92 Å². The van der Waals surface area contributed by atoms with Crippen molar-refractivity contribution in [2.24, 2.45) is 5.92 Å². The summed E-state index contributed by atoms with van der Waals surface area (Å²) >= 11 is 1.91. The third-order valence-corrected chi connectivity index (χ3v) is 1.50. The summed E-state index contributed by atoms with van der Waals surface area (Å²) < 4.78 is 0. The standard InChI is InChI=1S/C5H12S/c1-5(2)4-6-3/h5H,4H2,1-3H3. The second-order valence-corrected chi connectivity index (χ2v) is 2.76. The van der Waals surface area contributed by atoms with Gasteiger partial charge in [0.25, 0.3) is 0 Å². The van der Waals surface area contributed by atoms with Crippen molar-refractivity contribution in [3.8, 4) is 0 Å². The first-order valence-electron chi connectivity index (χ1n) is 2.26. The van der Waals surface area contributed by atoms with Crippen LogP contribution in [0, 0.1) is 5.92 Å². The van der Waals surface area contributed by atoms with Crippen molar-refractivity contribution in [2.45, 2.75) is 13.8 Å². The summed E-state index contributed by atoms with van der Waals surface area (Å²) in [7, 11) is 0. The molecular weight excluding hydrogens is 92.1 g/mol. The van der Waals surface area contributed by atoms with Gasteiger partial charge in [-0.15, -0.1) is 0 Å². The Morgan fingerprint density at radius 3 is 2.00 bits per heavy atom. The summed E-state index contributed by atoms with van der Waals surface area (Å²) in [6.45, 7) is 4.47. The summed E-state index contributed by atoms with van der Waals surface area (Å²) in [4.78, 5) is 0. The van der Waals surface area contributed by atoms with Crippen LogP contribution in [0.2, 0.25) is 0 Å². The van der Waals surface area contributed by atoms with E-state index in [1.54, 1.807) is 0 Å². The van der Waals surface area contributed by atoms with Gasteiger partial charge in [0.15, 0.2) is 0 Å². The quantitative estimate of drug-likeness (QED) is 0.516. The Morgan fingerprint density at radius 2 is 2.00 bits per heavy atom. The summed E-state index contributed by atoms with van der Waals surface area (Å²) in [6, 6.07) is 0. The van der Waals surface area contributed by atoms with E-state index >= 15 is 0 Å². The van der Waals surface area contributed by atoms with Crippen molar-refractivity contribution in [3.05, 3.63) is 0 Å². The fraction of sp³-hybridized carbons (Fsp3) is 1.00. The molecule has 0 bridgehead atoms. The molecule has 0 rings (SSSR count). The Hall–Kier alpha value is 0.350. The molecule has 0 N–H and O–H groups in total. The van der Waals surface area contributed by atoms with E-state index in [2.05, 4.69) is 20.1 Å². The molecule has 0 aromatic carbocycles. The smallest absolute Gasteiger partial charge is 0.00472 e.